The van der Waals surface area contributed by atoms with Crippen molar-refractivity contribution in [2.24, 2.45) is 40.6 Å². The first-order valence-corrected chi connectivity index (χ1v) is 12.0. The molecule has 7 heteroatoms. The molecule has 1 aromatic heterocycles. The molecule has 0 spiro atoms. The van der Waals surface area contributed by atoms with Crippen LogP contribution in [0.5, 0.6) is 0 Å². The maximum Gasteiger partial charge on any atom is 0.340 e. The third kappa shape index (κ3) is 2.89. The van der Waals surface area contributed by atoms with Crippen LogP contribution in [0.4, 0.5) is 0 Å². The van der Waals surface area contributed by atoms with E-state index >= 15 is 0 Å². The Morgan fingerprint density at radius 2 is 1.74 bits per heavy atom. The van der Waals surface area contributed by atoms with Crippen molar-refractivity contribution in [1.29, 1.82) is 0 Å². The van der Waals surface area contributed by atoms with Crippen molar-refractivity contribution >= 4 is 24.0 Å². The minimum Gasteiger partial charge on any atom is -0.462 e. The molecule has 0 N–H and O–H groups in total. The highest BCUT2D eigenvalue weighted by atomic mass is 16.5. The van der Waals surface area contributed by atoms with Gasteiger partial charge in [-0.25, -0.2) is 4.79 Å². The minimum atomic E-state index is -0.377. The van der Waals surface area contributed by atoms with Crippen molar-refractivity contribution < 1.29 is 19.1 Å². The van der Waals surface area contributed by atoms with Gasteiger partial charge in [-0.05, 0) is 69.1 Å². The number of amides is 2. The van der Waals surface area contributed by atoms with Gasteiger partial charge >= 0.3 is 5.97 Å². The number of hydrogen-bond donors (Lipinski definition) is 0. The molecule has 6 atom stereocenters. The van der Waals surface area contributed by atoms with Gasteiger partial charge < -0.3 is 9.30 Å². The first kappa shape index (κ1) is 21.1. The lowest BCUT2D eigenvalue weighted by Gasteiger charge is -2.37. The minimum absolute atomic E-state index is 0.169. The number of aryl methyl sites for hydroxylation is 1. The molecule has 4 aliphatic carbocycles. The van der Waals surface area contributed by atoms with E-state index in [0.29, 0.717) is 24.0 Å². The van der Waals surface area contributed by atoms with Gasteiger partial charge in [0.2, 0.25) is 0 Å². The molecule has 174 valence electrons. The van der Waals surface area contributed by atoms with E-state index in [4.69, 9.17) is 4.74 Å². The molecule has 2 heterocycles. The molecule has 3 fully saturated rings. The average molecular weight is 458 g/mol. The number of rotatable bonds is 5. The van der Waals surface area contributed by atoms with Gasteiger partial charge in [0.1, 0.15) is 0 Å². The number of aromatic nitrogens is 1. The lowest BCUT2D eigenvalue weighted by Crippen LogP contribution is -2.40. The van der Waals surface area contributed by atoms with E-state index in [-0.39, 0.29) is 41.5 Å². The van der Waals surface area contributed by atoms with E-state index in [9.17, 15) is 14.4 Å². The van der Waals surface area contributed by atoms with E-state index in [1.807, 2.05) is 42.7 Å². The maximum absolute atomic E-state index is 13.2. The van der Waals surface area contributed by atoms with Crippen LogP contribution < -0.4 is 0 Å². The Bertz CT molecular complexity index is 1250. The lowest BCUT2D eigenvalue weighted by atomic mass is 9.63. The second-order valence-electron chi connectivity index (χ2n) is 9.79. The van der Waals surface area contributed by atoms with Crippen molar-refractivity contribution in [2.45, 2.75) is 27.2 Å². The van der Waals surface area contributed by atoms with Crippen LogP contribution in [0.2, 0.25) is 0 Å². The highest BCUT2D eigenvalue weighted by Gasteiger charge is 2.67. The predicted octanol–water partition coefficient (Wildman–Crippen LogP) is 3.66. The molecule has 7 nitrogen and oxygen atoms in total. The standard InChI is InChI=1S/C27H27N3O4/c1-4-34-27(33)19-7-5-6-8-22(19)29-14(2)11-16(15(29)3)13-28-30-25(31)23-17-9-10-18(21-12-20(17)21)24(23)26(30)32/h5-11,13,17-18,20-21,23-24H,4,12H2,1-3H3/b28-13-/t17-,18-,20-,21+,23+,24+/m0/s1. The van der Waals surface area contributed by atoms with E-state index < -0.39 is 0 Å². The van der Waals surface area contributed by atoms with Gasteiger partial charge in [0.25, 0.3) is 11.8 Å². The Morgan fingerprint density at radius 1 is 1.09 bits per heavy atom. The summed E-state index contributed by atoms with van der Waals surface area (Å²) in [4.78, 5) is 38.9. The molecule has 2 saturated carbocycles. The number of imide groups is 1. The summed E-state index contributed by atoms with van der Waals surface area (Å²) in [5, 5.41) is 5.49. The molecule has 34 heavy (non-hydrogen) atoms. The van der Waals surface area contributed by atoms with Gasteiger partial charge in [0.05, 0.1) is 35.9 Å². The number of benzene rings is 1. The van der Waals surface area contributed by atoms with Gasteiger partial charge in [0.15, 0.2) is 0 Å². The van der Waals surface area contributed by atoms with E-state index in [0.717, 1.165) is 34.1 Å². The molecular weight excluding hydrogens is 430 g/mol. The number of carbonyl (C=O) groups is 3. The zero-order valence-electron chi connectivity index (χ0n) is 19.5. The highest BCUT2D eigenvalue weighted by molar-refractivity contribution is 6.06. The first-order chi connectivity index (χ1) is 16.4. The number of para-hydroxylation sites is 1. The van der Waals surface area contributed by atoms with Gasteiger partial charge in [-0.15, -0.1) is 0 Å². The van der Waals surface area contributed by atoms with Crippen molar-refractivity contribution in [3.63, 3.8) is 0 Å². The summed E-state index contributed by atoms with van der Waals surface area (Å²) < 4.78 is 7.20. The van der Waals surface area contributed by atoms with Gasteiger partial charge in [-0.3, -0.25) is 9.59 Å². The van der Waals surface area contributed by atoms with E-state index in [1.165, 1.54) is 0 Å². The number of hydrogen-bond acceptors (Lipinski definition) is 5. The molecule has 0 unspecified atom stereocenters. The second-order valence-corrected chi connectivity index (χ2v) is 9.79. The van der Waals surface area contributed by atoms with Crippen LogP contribution in [0, 0.1) is 49.4 Å². The lowest BCUT2D eigenvalue weighted by molar-refractivity contribution is -0.140. The molecule has 2 amide bonds. The fourth-order valence-corrected chi connectivity index (χ4v) is 6.51. The summed E-state index contributed by atoms with van der Waals surface area (Å²) in [7, 11) is 0. The second kappa shape index (κ2) is 7.52. The van der Waals surface area contributed by atoms with Crippen LogP contribution in [-0.2, 0) is 14.3 Å². The predicted molar refractivity (Wildman–Crippen MR) is 125 cm³/mol. The molecule has 1 aromatic carbocycles. The number of ether oxygens (including phenoxy) is 1. The van der Waals surface area contributed by atoms with Gasteiger partial charge in [-0.1, -0.05) is 24.3 Å². The number of nitrogens with zero attached hydrogens (tertiary/aromatic N) is 3. The summed E-state index contributed by atoms with van der Waals surface area (Å²) >= 11 is 0. The Balaban J connectivity index is 1.30. The average Bonchev–Trinajstić information content (AvgIpc) is 3.56. The summed E-state index contributed by atoms with van der Waals surface area (Å²) in [5.41, 5.74) is 3.75. The smallest absolute Gasteiger partial charge is 0.340 e. The van der Waals surface area contributed by atoms with Crippen molar-refractivity contribution in [3.05, 3.63) is 65.0 Å². The molecule has 1 saturated heterocycles. The van der Waals surface area contributed by atoms with Crippen molar-refractivity contribution in [2.75, 3.05) is 6.61 Å². The van der Waals surface area contributed by atoms with Gasteiger partial charge in [-0.2, -0.15) is 10.1 Å². The summed E-state index contributed by atoms with van der Waals surface area (Å²) in [6.45, 7) is 5.96. The largest absolute Gasteiger partial charge is 0.462 e. The number of allylic oxidation sites excluding steroid dienone is 2. The molecule has 2 bridgehead atoms. The third-order valence-corrected chi connectivity index (χ3v) is 8.06. The molecular formula is C27H27N3O4. The number of carbonyl (C=O) groups excluding carboxylic acids is 3. The maximum atomic E-state index is 13.2. The Labute approximate surface area is 198 Å². The zero-order chi connectivity index (χ0) is 23.7. The molecule has 1 aliphatic heterocycles. The SMILES string of the molecule is CCOC(=O)c1ccccc1-n1c(C)cc(/C=N\N2C(=O)[C@@H]3[C@H]4C=C[C@@H]([C@@H]5C[C@H]45)[C@H]3C2=O)c1C. The summed E-state index contributed by atoms with van der Waals surface area (Å²) in [6, 6.07) is 9.25. The van der Waals surface area contributed by atoms with E-state index in [2.05, 4.69) is 17.3 Å². The van der Waals surface area contributed by atoms with E-state index in [1.54, 1.807) is 19.2 Å². The topological polar surface area (TPSA) is 81.0 Å². The number of hydrazone groups is 1. The number of esters is 1. The fourth-order valence-electron chi connectivity index (χ4n) is 6.51. The Morgan fingerprint density at radius 3 is 2.38 bits per heavy atom. The molecule has 7 rings (SSSR count). The zero-order valence-corrected chi connectivity index (χ0v) is 19.5. The Hall–Kier alpha value is -3.48. The summed E-state index contributed by atoms with van der Waals surface area (Å²) in [6.07, 6.45) is 7.05. The van der Waals surface area contributed by atoms with Crippen molar-refractivity contribution in [1.82, 2.24) is 9.58 Å². The van der Waals surface area contributed by atoms with Gasteiger partial charge in [0, 0.05) is 17.0 Å². The monoisotopic (exact) mass is 457 g/mol. The fraction of sp³-hybridized carbons (Fsp3) is 0.407. The van der Waals surface area contributed by atoms with Crippen molar-refractivity contribution in [3.8, 4) is 5.69 Å². The van der Waals surface area contributed by atoms with Crippen LogP contribution in [0.25, 0.3) is 5.69 Å². The molecule has 5 aliphatic rings. The third-order valence-electron chi connectivity index (χ3n) is 8.06. The van der Waals surface area contributed by atoms with Crippen LogP contribution in [0.1, 0.15) is 40.7 Å². The van der Waals surface area contributed by atoms with Crippen LogP contribution in [0.3, 0.4) is 0 Å². The Kier molecular flexibility index (Phi) is 4.66. The van der Waals surface area contributed by atoms with Crippen LogP contribution in [0.15, 0.2) is 47.6 Å². The highest BCUT2D eigenvalue weighted by Crippen LogP contribution is 2.65. The van der Waals surface area contributed by atoms with Crippen LogP contribution in [-0.4, -0.2) is 40.2 Å². The first-order valence-electron chi connectivity index (χ1n) is 12.0. The molecule has 0 radical (unpaired) electrons. The quantitative estimate of drug-likeness (QED) is 0.297. The molecule has 2 aromatic rings. The van der Waals surface area contributed by atoms with Crippen LogP contribution >= 0.6 is 0 Å². The summed E-state index contributed by atoms with van der Waals surface area (Å²) in [5.74, 6) is 0.264. The normalized spacial score (nSPS) is 30.7.